The molecule has 116 valence electrons. The van der Waals surface area contributed by atoms with E-state index in [2.05, 4.69) is 10.1 Å². The highest BCUT2D eigenvalue weighted by Crippen LogP contribution is 2.45. The molecule has 0 unspecified atom stereocenters. The molecule has 1 aromatic heterocycles. The molecule has 0 spiro atoms. The third kappa shape index (κ3) is 2.93. The van der Waals surface area contributed by atoms with Gasteiger partial charge in [-0.05, 0) is 31.4 Å². The molecule has 1 aliphatic carbocycles. The number of esters is 1. The molecule has 3 rings (SSSR count). The molecule has 2 aromatic rings. The van der Waals surface area contributed by atoms with Crippen LogP contribution in [0.15, 0.2) is 34.9 Å². The predicted octanol–water partition coefficient (Wildman–Crippen LogP) is 4.13. The summed E-state index contributed by atoms with van der Waals surface area (Å²) in [6, 6.07) is 8.70. The molecule has 0 saturated heterocycles. The summed E-state index contributed by atoms with van der Waals surface area (Å²) in [5.74, 6) is -0.362. The Morgan fingerprint density at radius 2 is 1.91 bits per heavy atom. The number of alkyl halides is 3. The van der Waals surface area contributed by atoms with Gasteiger partial charge in [0.25, 0.3) is 9.68 Å². The van der Waals surface area contributed by atoms with Gasteiger partial charge in [0, 0.05) is 0 Å². The molecule has 0 aliphatic heterocycles. The average Bonchev–Trinajstić information content (AvgIpc) is 2.93. The highest BCUT2D eigenvalue weighted by molar-refractivity contribution is 6.66. The van der Waals surface area contributed by atoms with Gasteiger partial charge in [-0.3, -0.25) is 0 Å². The van der Waals surface area contributed by atoms with Gasteiger partial charge in [0.05, 0.1) is 5.56 Å². The van der Waals surface area contributed by atoms with E-state index in [0.717, 1.165) is 6.42 Å². The molecule has 1 fully saturated rings. The van der Waals surface area contributed by atoms with Crippen molar-refractivity contribution in [2.24, 2.45) is 0 Å². The van der Waals surface area contributed by atoms with Crippen LogP contribution in [0.5, 0.6) is 0 Å². The van der Waals surface area contributed by atoms with Crippen molar-refractivity contribution in [3.8, 4) is 0 Å². The lowest BCUT2D eigenvalue weighted by Crippen LogP contribution is -2.40. The maximum atomic E-state index is 12.2. The molecule has 1 aromatic carbocycles. The van der Waals surface area contributed by atoms with Crippen molar-refractivity contribution in [2.75, 3.05) is 0 Å². The van der Waals surface area contributed by atoms with Crippen LogP contribution < -0.4 is 0 Å². The summed E-state index contributed by atoms with van der Waals surface area (Å²) in [5, 5.41) is 3.81. The molecule has 8 heteroatoms. The third-order valence-electron chi connectivity index (χ3n) is 3.53. The van der Waals surface area contributed by atoms with Crippen LogP contribution in [0.1, 0.15) is 41.3 Å². The van der Waals surface area contributed by atoms with Crippen LogP contribution in [0.3, 0.4) is 0 Å². The summed E-state index contributed by atoms with van der Waals surface area (Å²) in [6.07, 6.45) is 2.09. The zero-order chi connectivity index (χ0) is 15.8. The summed E-state index contributed by atoms with van der Waals surface area (Å²) in [6.45, 7) is 0. The SMILES string of the molecule is O=C(OC1(c2noc(C(Cl)(Cl)Cl)n2)CCC1)c1ccccc1. The fourth-order valence-corrected chi connectivity index (χ4v) is 2.43. The number of hydrogen-bond acceptors (Lipinski definition) is 5. The zero-order valence-corrected chi connectivity index (χ0v) is 13.5. The predicted molar refractivity (Wildman–Crippen MR) is 80.9 cm³/mol. The summed E-state index contributed by atoms with van der Waals surface area (Å²) < 4.78 is 8.76. The highest BCUT2D eigenvalue weighted by Gasteiger charge is 2.48. The number of rotatable bonds is 3. The van der Waals surface area contributed by atoms with Crippen LogP contribution in [-0.4, -0.2) is 16.1 Å². The summed E-state index contributed by atoms with van der Waals surface area (Å²) in [5.41, 5.74) is -0.455. The van der Waals surface area contributed by atoms with Crippen molar-refractivity contribution in [3.05, 3.63) is 47.6 Å². The van der Waals surface area contributed by atoms with Gasteiger partial charge >= 0.3 is 5.97 Å². The molecule has 0 N–H and O–H groups in total. The first kappa shape index (κ1) is 15.6. The topological polar surface area (TPSA) is 65.2 Å². The van der Waals surface area contributed by atoms with E-state index in [0.29, 0.717) is 18.4 Å². The van der Waals surface area contributed by atoms with Crippen molar-refractivity contribution in [2.45, 2.75) is 28.7 Å². The lowest BCUT2D eigenvalue weighted by molar-refractivity contribution is -0.0737. The number of carbonyl (C=O) groups is 1. The quantitative estimate of drug-likeness (QED) is 0.607. The van der Waals surface area contributed by atoms with E-state index < -0.39 is 15.4 Å². The molecule has 1 aliphatic rings. The number of benzene rings is 1. The fourth-order valence-electron chi connectivity index (χ4n) is 2.20. The maximum Gasteiger partial charge on any atom is 0.339 e. The first-order valence-corrected chi connectivity index (χ1v) is 7.74. The zero-order valence-electron chi connectivity index (χ0n) is 11.3. The summed E-state index contributed by atoms with van der Waals surface area (Å²) >= 11 is 17.1. The van der Waals surface area contributed by atoms with E-state index >= 15 is 0 Å². The molecule has 1 saturated carbocycles. The second-order valence-electron chi connectivity index (χ2n) is 5.02. The standard InChI is InChI=1S/C14H11Cl3N2O3/c15-14(16,17)12-18-11(19-22-12)13(7-4-8-13)21-10(20)9-5-2-1-3-6-9/h1-3,5-6H,4,7-8H2. The number of halogens is 3. The van der Waals surface area contributed by atoms with Crippen LogP contribution in [0, 0.1) is 0 Å². The van der Waals surface area contributed by atoms with Crippen molar-refractivity contribution in [3.63, 3.8) is 0 Å². The van der Waals surface area contributed by atoms with Crippen molar-refractivity contribution in [1.29, 1.82) is 0 Å². The Bertz CT molecular complexity index is 678. The second-order valence-corrected chi connectivity index (χ2v) is 7.31. The van der Waals surface area contributed by atoms with E-state index in [9.17, 15) is 4.79 Å². The maximum absolute atomic E-state index is 12.2. The lowest BCUT2D eigenvalue weighted by Gasteiger charge is -2.37. The Hall–Kier alpha value is -1.30. The third-order valence-corrected chi connectivity index (χ3v) is 4.02. The Kier molecular flexibility index (Phi) is 4.05. The Balaban J connectivity index is 1.83. The van der Waals surface area contributed by atoms with Gasteiger partial charge in [-0.1, -0.05) is 58.2 Å². The Morgan fingerprint density at radius 3 is 2.41 bits per heavy atom. The van der Waals surface area contributed by atoms with Crippen LogP contribution >= 0.6 is 34.8 Å². The van der Waals surface area contributed by atoms with Gasteiger partial charge in [-0.2, -0.15) is 4.98 Å². The molecule has 0 radical (unpaired) electrons. The van der Waals surface area contributed by atoms with Crippen molar-refractivity contribution < 1.29 is 14.1 Å². The molecule has 0 atom stereocenters. The van der Waals surface area contributed by atoms with Crippen LogP contribution in [0.2, 0.25) is 0 Å². The number of hydrogen-bond donors (Lipinski definition) is 0. The number of carbonyl (C=O) groups excluding carboxylic acids is 1. The monoisotopic (exact) mass is 360 g/mol. The minimum Gasteiger partial charge on any atom is -0.447 e. The molecule has 0 bridgehead atoms. The highest BCUT2D eigenvalue weighted by atomic mass is 35.6. The van der Waals surface area contributed by atoms with Gasteiger partial charge in [0.2, 0.25) is 5.82 Å². The first-order chi connectivity index (χ1) is 10.4. The summed E-state index contributed by atoms with van der Waals surface area (Å²) in [7, 11) is 0. The van der Waals surface area contributed by atoms with E-state index in [1.54, 1.807) is 24.3 Å². The number of ether oxygens (including phenoxy) is 1. The van der Waals surface area contributed by atoms with Crippen LogP contribution in [-0.2, 0) is 14.1 Å². The molecular weight excluding hydrogens is 351 g/mol. The number of nitrogens with zero attached hydrogens (tertiary/aromatic N) is 2. The lowest BCUT2D eigenvalue weighted by atomic mass is 9.79. The van der Waals surface area contributed by atoms with E-state index in [1.807, 2.05) is 6.07 Å². The Labute approximate surface area is 141 Å². The van der Waals surface area contributed by atoms with Crippen LogP contribution in [0.25, 0.3) is 0 Å². The molecular formula is C14H11Cl3N2O3. The van der Waals surface area contributed by atoms with Gasteiger partial charge in [-0.25, -0.2) is 4.79 Å². The second kappa shape index (κ2) is 5.72. The fraction of sp³-hybridized carbons (Fsp3) is 0.357. The largest absolute Gasteiger partial charge is 0.447 e. The molecule has 5 nitrogen and oxygen atoms in total. The summed E-state index contributed by atoms with van der Waals surface area (Å²) in [4.78, 5) is 16.3. The average molecular weight is 362 g/mol. The normalized spacial score (nSPS) is 16.9. The minimum atomic E-state index is -1.81. The van der Waals surface area contributed by atoms with Gasteiger partial charge < -0.3 is 9.26 Å². The van der Waals surface area contributed by atoms with Crippen molar-refractivity contribution in [1.82, 2.24) is 10.1 Å². The van der Waals surface area contributed by atoms with Gasteiger partial charge in [-0.15, -0.1) is 0 Å². The van der Waals surface area contributed by atoms with Crippen LogP contribution in [0.4, 0.5) is 0 Å². The first-order valence-electron chi connectivity index (χ1n) is 6.60. The van der Waals surface area contributed by atoms with E-state index in [1.165, 1.54) is 0 Å². The smallest absolute Gasteiger partial charge is 0.339 e. The molecule has 22 heavy (non-hydrogen) atoms. The van der Waals surface area contributed by atoms with Crippen molar-refractivity contribution >= 4 is 40.8 Å². The molecule has 1 heterocycles. The van der Waals surface area contributed by atoms with Gasteiger partial charge in [0.1, 0.15) is 0 Å². The molecule has 0 amide bonds. The minimum absolute atomic E-state index is 0.144. The van der Waals surface area contributed by atoms with Gasteiger partial charge in [0.15, 0.2) is 5.60 Å². The van der Waals surface area contributed by atoms with E-state index in [-0.39, 0.29) is 11.7 Å². The Morgan fingerprint density at radius 1 is 1.23 bits per heavy atom. The number of aromatic nitrogens is 2. The van der Waals surface area contributed by atoms with E-state index in [4.69, 9.17) is 44.1 Å².